The molecular formula is C24H40F2O11P2. The largest absolute Gasteiger partial charge is 0.481 e. The molecule has 0 aromatic rings. The Morgan fingerprint density at radius 1 is 1.00 bits per heavy atom. The van der Waals surface area contributed by atoms with E-state index in [1.807, 2.05) is 13.8 Å². The Morgan fingerprint density at radius 3 is 2.18 bits per heavy atom. The van der Waals surface area contributed by atoms with Crippen LogP contribution >= 0.6 is 15.6 Å². The zero-order valence-electron chi connectivity index (χ0n) is 22.3. The lowest BCUT2D eigenvalue weighted by atomic mass is 9.42. The Balaban J connectivity index is 1.73. The molecule has 4 aliphatic carbocycles. The predicted molar refractivity (Wildman–Crippen MR) is 132 cm³/mol. The molecule has 0 bridgehead atoms. The first-order valence-electron chi connectivity index (χ1n) is 13.4. The van der Waals surface area contributed by atoms with Gasteiger partial charge in [0.05, 0.1) is 6.10 Å². The molecule has 4 saturated carbocycles. The quantitative estimate of drug-likeness (QED) is 0.217. The number of rotatable bonds is 8. The Bertz CT molecular complexity index is 1070. The maximum absolute atomic E-state index is 17.1. The third-order valence-electron chi connectivity index (χ3n) is 10.9. The van der Waals surface area contributed by atoms with E-state index in [1.165, 1.54) is 0 Å². The molecule has 15 heteroatoms. The van der Waals surface area contributed by atoms with Crippen LogP contribution in [0.3, 0.4) is 0 Å². The van der Waals surface area contributed by atoms with E-state index in [0.717, 1.165) is 0 Å². The minimum Gasteiger partial charge on any atom is -0.481 e. The van der Waals surface area contributed by atoms with Crippen molar-refractivity contribution in [3.05, 3.63) is 0 Å². The second-order valence-corrected chi connectivity index (χ2v) is 15.2. The molecule has 0 amide bonds. The van der Waals surface area contributed by atoms with Crippen LogP contribution in [0.1, 0.15) is 78.6 Å². The summed E-state index contributed by atoms with van der Waals surface area (Å²) < 4.78 is 65.4. The highest BCUT2D eigenvalue weighted by molar-refractivity contribution is 7.46. The van der Waals surface area contributed by atoms with Gasteiger partial charge in [-0.3, -0.25) is 4.79 Å². The lowest BCUT2D eigenvalue weighted by Gasteiger charge is -2.65. The van der Waals surface area contributed by atoms with E-state index in [2.05, 4.69) is 4.52 Å². The molecule has 226 valence electrons. The number of alkyl halides is 2. The second kappa shape index (κ2) is 10.1. The number of aliphatic carboxylic acids is 1. The van der Waals surface area contributed by atoms with Crippen LogP contribution in [0.15, 0.2) is 0 Å². The lowest BCUT2D eigenvalue weighted by molar-refractivity contribution is -0.289. The molecule has 11 nitrogen and oxygen atoms in total. The van der Waals surface area contributed by atoms with Crippen molar-refractivity contribution in [1.82, 2.24) is 0 Å². The number of aliphatic hydroxyl groups is 1. The molecule has 0 aromatic heterocycles. The summed E-state index contributed by atoms with van der Waals surface area (Å²) in [6.45, 7) is 5.54. The van der Waals surface area contributed by atoms with E-state index >= 15 is 8.78 Å². The first kappa shape index (κ1) is 31.4. The fourth-order valence-corrected chi connectivity index (χ4v) is 10.4. The zero-order chi connectivity index (χ0) is 29.4. The highest BCUT2D eigenvalue weighted by Gasteiger charge is 2.72. The molecule has 0 heterocycles. The summed E-state index contributed by atoms with van der Waals surface area (Å²) in [5, 5.41) is 20.8. The standard InChI is InChI=1S/C24H40F2O11P2/c1-13(4-7-19(28)29)15-5-6-16-20-17(10-18(27)22(15,16)3)21(2)8-9-23(25,36-38(30,31)32)11-14(21)12-24(20,26)37-39(33,34)35/h13-18,20,27H,4-12H2,1-3H3,(H,28,29)(H2,30,31,32)(H2,33,34,35). The average Bonchev–Trinajstić information content (AvgIpc) is 3.10. The first-order chi connectivity index (χ1) is 17.6. The molecule has 0 aliphatic heterocycles. The molecule has 0 radical (unpaired) electrons. The van der Waals surface area contributed by atoms with Gasteiger partial charge in [0.1, 0.15) is 0 Å². The number of carbonyl (C=O) groups is 1. The molecule has 4 rings (SSSR count). The molecule has 4 fully saturated rings. The molecular weight excluding hydrogens is 564 g/mol. The Labute approximate surface area is 226 Å². The molecule has 11 unspecified atom stereocenters. The van der Waals surface area contributed by atoms with Gasteiger partial charge in [0.25, 0.3) is 0 Å². The molecule has 6 N–H and O–H groups in total. The maximum atomic E-state index is 17.1. The van der Waals surface area contributed by atoms with Crippen molar-refractivity contribution in [2.24, 2.45) is 46.3 Å². The first-order valence-corrected chi connectivity index (χ1v) is 16.5. The Kier molecular flexibility index (Phi) is 8.11. The summed E-state index contributed by atoms with van der Waals surface area (Å²) in [4.78, 5) is 49.0. The average molecular weight is 605 g/mol. The van der Waals surface area contributed by atoms with Crippen LogP contribution in [0, 0.1) is 46.3 Å². The molecule has 0 spiro atoms. The van der Waals surface area contributed by atoms with E-state index in [9.17, 15) is 38.6 Å². The van der Waals surface area contributed by atoms with Gasteiger partial charge in [-0.15, -0.1) is 0 Å². The Morgan fingerprint density at radius 2 is 1.62 bits per heavy atom. The van der Waals surface area contributed by atoms with Crippen molar-refractivity contribution in [2.75, 3.05) is 0 Å². The smallest absolute Gasteiger partial charge is 0.472 e. The number of hydrogen-bond acceptors (Lipinski definition) is 6. The van der Waals surface area contributed by atoms with Crippen molar-refractivity contribution < 1.29 is 61.5 Å². The van der Waals surface area contributed by atoms with E-state index in [4.69, 9.17) is 9.63 Å². The van der Waals surface area contributed by atoms with Crippen molar-refractivity contribution in [1.29, 1.82) is 0 Å². The van der Waals surface area contributed by atoms with Crippen LogP contribution in [-0.2, 0) is 23.0 Å². The van der Waals surface area contributed by atoms with Crippen molar-refractivity contribution in [3.63, 3.8) is 0 Å². The van der Waals surface area contributed by atoms with E-state index in [0.29, 0.717) is 19.3 Å². The summed E-state index contributed by atoms with van der Waals surface area (Å²) in [6, 6.07) is 0. The van der Waals surface area contributed by atoms with Gasteiger partial charge in [0, 0.05) is 31.6 Å². The lowest BCUT2D eigenvalue weighted by Crippen LogP contribution is -2.66. The van der Waals surface area contributed by atoms with Crippen molar-refractivity contribution in [2.45, 2.75) is 96.4 Å². The molecule has 39 heavy (non-hydrogen) atoms. The van der Waals surface area contributed by atoms with Gasteiger partial charge in [0.15, 0.2) is 0 Å². The third-order valence-corrected chi connectivity index (χ3v) is 12.0. The highest BCUT2D eigenvalue weighted by atomic mass is 31.2. The number of fused-ring (bicyclic) bond motifs is 5. The SMILES string of the molecule is CC(CCC(=O)O)C1CCC2C3C(CC(O)C12C)C1(C)CCC(F)(OP(=O)(O)O)CC1CC3(F)OP(=O)(O)O. The zero-order valence-corrected chi connectivity index (χ0v) is 24.1. The van der Waals surface area contributed by atoms with Crippen LogP contribution < -0.4 is 0 Å². The number of phosphoric ester groups is 2. The van der Waals surface area contributed by atoms with Crippen LogP contribution in [0.4, 0.5) is 8.78 Å². The molecule has 0 saturated heterocycles. The van der Waals surface area contributed by atoms with Crippen LogP contribution in [0.25, 0.3) is 0 Å². The van der Waals surface area contributed by atoms with Crippen molar-refractivity contribution >= 4 is 21.6 Å². The van der Waals surface area contributed by atoms with Gasteiger partial charge >= 0.3 is 21.6 Å². The summed E-state index contributed by atoms with van der Waals surface area (Å²) in [5.41, 5.74) is -1.71. The summed E-state index contributed by atoms with van der Waals surface area (Å²) in [5.74, 6) is -10.1. The van der Waals surface area contributed by atoms with Gasteiger partial charge in [-0.05, 0) is 72.5 Å². The maximum Gasteiger partial charge on any atom is 0.472 e. The normalized spacial score (nSPS) is 47.1. The molecule has 4 aliphatic rings. The number of phosphoric acid groups is 2. The van der Waals surface area contributed by atoms with E-state index in [-0.39, 0.29) is 37.5 Å². The van der Waals surface area contributed by atoms with Crippen LogP contribution in [-0.4, -0.2) is 53.6 Å². The van der Waals surface area contributed by atoms with E-state index < -0.39 is 86.8 Å². The van der Waals surface area contributed by atoms with Gasteiger partial charge in [-0.2, -0.15) is 0 Å². The number of aliphatic hydroxyl groups excluding tert-OH is 1. The number of hydrogen-bond donors (Lipinski definition) is 6. The van der Waals surface area contributed by atoms with Crippen LogP contribution in [0.2, 0.25) is 0 Å². The summed E-state index contributed by atoms with van der Waals surface area (Å²) >= 11 is 0. The monoisotopic (exact) mass is 604 g/mol. The van der Waals surface area contributed by atoms with Gasteiger partial charge in [0.2, 0.25) is 11.7 Å². The second-order valence-electron chi connectivity index (χ2n) is 12.9. The minimum absolute atomic E-state index is 0.0515. The minimum atomic E-state index is -5.38. The number of halogens is 2. The Hall–Kier alpha value is -0.490. The van der Waals surface area contributed by atoms with Gasteiger partial charge in [-0.25, -0.2) is 27.0 Å². The van der Waals surface area contributed by atoms with Crippen molar-refractivity contribution in [3.8, 4) is 0 Å². The number of carboxylic acids is 1. The predicted octanol–water partition coefficient (Wildman–Crippen LogP) is 4.28. The topological polar surface area (TPSA) is 191 Å². The van der Waals surface area contributed by atoms with Gasteiger partial charge < -0.3 is 29.8 Å². The highest BCUT2D eigenvalue weighted by Crippen LogP contribution is 2.73. The summed E-state index contributed by atoms with van der Waals surface area (Å²) in [6.07, 6.45) is -1.13. The molecule has 11 atom stereocenters. The fraction of sp³-hybridized carbons (Fsp3) is 0.958. The van der Waals surface area contributed by atoms with Gasteiger partial charge in [-0.1, -0.05) is 20.8 Å². The summed E-state index contributed by atoms with van der Waals surface area (Å²) in [7, 11) is -10.6. The van der Waals surface area contributed by atoms with Crippen LogP contribution in [0.5, 0.6) is 0 Å². The number of carboxylic acid groups (broad SMARTS) is 1. The van der Waals surface area contributed by atoms with E-state index in [1.54, 1.807) is 6.92 Å². The third kappa shape index (κ3) is 5.77. The molecule has 0 aromatic carbocycles. The fourth-order valence-electron chi connectivity index (χ4n) is 9.19.